The fourth-order valence-electron chi connectivity index (χ4n) is 1.76. The Kier molecular flexibility index (Phi) is 2.91. The van der Waals surface area contributed by atoms with E-state index in [-0.39, 0.29) is 16.2 Å². The molecule has 1 nitrogen and oxygen atoms in total. The molecule has 0 spiro atoms. The molecule has 0 bridgehead atoms. The van der Waals surface area contributed by atoms with Crippen LogP contribution in [0.4, 0.5) is 13.2 Å². The van der Waals surface area contributed by atoms with Crippen molar-refractivity contribution < 1.29 is 17.9 Å². The minimum atomic E-state index is -4.48. The van der Waals surface area contributed by atoms with Crippen LogP contribution in [0.15, 0.2) is 30.3 Å². The Morgan fingerprint density at radius 1 is 1.06 bits per heavy atom. The van der Waals surface area contributed by atoms with Gasteiger partial charge in [0.2, 0.25) is 0 Å². The van der Waals surface area contributed by atoms with Crippen molar-refractivity contribution in [2.24, 2.45) is 0 Å². The Bertz CT molecular complexity index is 563. The number of halogens is 4. The zero-order valence-corrected chi connectivity index (χ0v) is 9.56. The van der Waals surface area contributed by atoms with Gasteiger partial charge in [-0.25, -0.2) is 0 Å². The fourth-order valence-corrected chi connectivity index (χ4v) is 2.00. The molecule has 0 atom stereocenters. The molecule has 0 fully saturated rings. The molecule has 0 N–H and O–H groups in total. The van der Waals surface area contributed by atoms with Crippen molar-refractivity contribution in [1.29, 1.82) is 0 Å². The van der Waals surface area contributed by atoms with Crippen LogP contribution in [0.2, 0.25) is 5.02 Å². The summed E-state index contributed by atoms with van der Waals surface area (Å²) in [6.45, 7) is 0. The van der Waals surface area contributed by atoms with Gasteiger partial charge in [-0.1, -0.05) is 23.7 Å². The number of methoxy groups -OCH3 is 1. The molecule has 2 aromatic rings. The molecule has 0 aromatic heterocycles. The largest absolute Gasteiger partial charge is 0.496 e. The third-order valence-corrected chi connectivity index (χ3v) is 2.80. The van der Waals surface area contributed by atoms with E-state index in [1.54, 1.807) is 6.07 Å². The van der Waals surface area contributed by atoms with Crippen molar-refractivity contribution in [3.63, 3.8) is 0 Å². The van der Waals surface area contributed by atoms with E-state index in [1.807, 2.05) is 0 Å². The molecule has 5 heteroatoms. The van der Waals surface area contributed by atoms with Gasteiger partial charge in [-0.15, -0.1) is 0 Å². The molecule has 2 rings (SSSR count). The monoisotopic (exact) mass is 260 g/mol. The molecule has 0 heterocycles. The van der Waals surface area contributed by atoms with Crippen LogP contribution in [0.1, 0.15) is 5.56 Å². The first-order chi connectivity index (χ1) is 7.95. The van der Waals surface area contributed by atoms with Crippen LogP contribution in [0, 0.1) is 0 Å². The molecular formula is C12H8ClF3O. The zero-order valence-electron chi connectivity index (χ0n) is 8.81. The van der Waals surface area contributed by atoms with Crippen molar-refractivity contribution in [2.75, 3.05) is 7.11 Å². The van der Waals surface area contributed by atoms with Gasteiger partial charge in [0.25, 0.3) is 0 Å². The lowest BCUT2D eigenvalue weighted by molar-refractivity contribution is -0.137. The van der Waals surface area contributed by atoms with Crippen LogP contribution in [0.3, 0.4) is 0 Å². The smallest absolute Gasteiger partial charge is 0.420 e. The van der Waals surface area contributed by atoms with E-state index >= 15 is 0 Å². The highest BCUT2D eigenvalue weighted by molar-refractivity contribution is 6.35. The molecule has 0 aliphatic rings. The number of hydrogen-bond acceptors (Lipinski definition) is 1. The second-order valence-corrected chi connectivity index (χ2v) is 3.88. The van der Waals surface area contributed by atoms with Crippen LogP contribution >= 0.6 is 11.6 Å². The molecule has 0 saturated heterocycles. The quantitative estimate of drug-likeness (QED) is 0.732. The lowest BCUT2D eigenvalue weighted by atomic mass is 10.0. The number of rotatable bonds is 1. The molecule has 0 amide bonds. The molecule has 0 radical (unpaired) electrons. The van der Waals surface area contributed by atoms with E-state index in [4.69, 9.17) is 16.3 Å². The maximum absolute atomic E-state index is 13.0. The number of alkyl halides is 3. The van der Waals surface area contributed by atoms with Gasteiger partial charge in [0, 0.05) is 10.4 Å². The number of fused-ring (bicyclic) bond motifs is 1. The highest BCUT2D eigenvalue weighted by Gasteiger charge is 2.36. The van der Waals surface area contributed by atoms with Gasteiger partial charge >= 0.3 is 6.18 Å². The molecule has 2 aromatic carbocycles. The van der Waals surface area contributed by atoms with E-state index in [0.717, 1.165) is 0 Å². The standard InChI is InChI=1S/C12H8ClF3O/c1-17-10-6-5-7-8(3-2-4-9(7)13)11(10)12(14,15)16/h2-6H,1H3. The molecule has 0 saturated carbocycles. The summed E-state index contributed by atoms with van der Waals surface area (Å²) >= 11 is 5.87. The normalized spacial score (nSPS) is 11.8. The van der Waals surface area contributed by atoms with E-state index < -0.39 is 11.7 Å². The van der Waals surface area contributed by atoms with E-state index in [0.29, 0.717) is 5.39 Å². The average Bonchev–Trinajstić information content (AvgIpc) is 2.26. The van der Waals surface area contributed by atoms with E-state index in [2.05, 4.69) is 0 Å². The Labute approximate surface area is 101 Å². The molecular weight excluding hydrogens is 253 g/mol. The van der Waals surface area contributed by atoms with E-state index in [1.165, 1.54) is 31.4 Å². The molecule has 0 aliphatic heterocycles. The zero-order chi connectivity index (χ0) is 12.6. The van der Waals surface area contributed by atoms with Crippen molar-refractivity contribution in [3.05, 3.63) is 40.9 Å². The maximum atomic E-state index is 13.0. The minimum Gasteiger partial charge on any atom is -0.496 e. The summed E-state index contributed by atoms with van der Waals surface area (Å²) in [5.41, 5.74) is -0.792. The Hall–Kier alpha value is -1.42. The molecule has 17 heavy (non-hydrogen) atoms. The average molecular weight is 261 g/mol. The third kappa shape index (κ3) is 2.05. The maximum Gasteiger partial charge on any atom is 0.420 e. The first kappa shape index (κ1) is 12.0. The minimum absolute atomic E-state index is 0.0457. The topological polar surface area (TPSA) is 9.23 Å². The number of hydrogen-bond donors (Lipinski definition) is 0. The predicted molar refractivity (Wildman–Crippen MR) is 60.5 cm³/mol. The van der Waals surface area contributed by atoms with Crippen LogP contribution in [0.5, 0.6) is 5.75 Å². The fraction of sp³-hybridized carbons (Fsp3) is 0.167. The highest BCUT2D eigenvalue weighted by Crippen LogP contribution is 2.42. The SMILES string of the molecule is COc1ccc2c(Cl)cccc2c1C(F)(F)F. The highest BCUT2D eigenvalue weighted by atomic mass is 35.5. The van der Waals surface area contributed by atoms with Gasteiger partial charge in [-0.2, -0.15) is 13.2 Å². The van der Waals surface area contributed by atoms with Gasteiger partial charge in [0.05, 0.1) is 7.11 Å². The van der Waals surface area contributed by atoms with Gasteiger partial charge in [0.1, 0.15) is 11.3 Å². The summed E-state index contributed by atoms with van der Waals surface area (Å²) in [4.78, 5) is 0. The third-order valence-electron chi connectivity index (χ3n) is 2.47. The predicted octanol–water partition coefficient (Wildman–Crippen LogP) is 4.52. The van der Waals surface area contributed by atoms with Gasteiger partial charge in [0.15, 0.2) is 0 Å². The van der Waals surface area contributed by atoms with Gasteiger partial charge in [-0.3, -0.25) is 0 Å². The lowest BCUT2D eigenvalue weighted by Crippen LogP contribution is -2.08. The second kappa shape index (κ2) is 4.11. The first-order valence-electron chi connectivity index (χ1n) is 4.77. The number of ether oxygens (including phenoxy) is 1. The van der Waals surface area contributed by atoms with Crippen molar-refractivity contribution >= 4 is 22.4 Å². The Balaban J connectivity index is 2.89. The summed E-state index contributed by atoms with van der Waals surface area (Å²) in [5, 5.41) is 0.697. The van der Waals surface area contributed by atoms with Crippen LogP contribution < -0.4 is 4.74 Å². The summed E-state index contributed by atoms with van der Waals surface area (Å²) in [6, 6.07) is 7.21. The second-order valence-electron chi connectivity index (χ2n) is 3.48. The molecule has 0 unspecified atom stereocenters. The van der Waals surface area contributed by atoms with Gasteiger partial charge < -0.3 is 4.74 Å². The van der Waals surface area contributed by atoms with Crippen LogP contribution in [-0.2, 0) is 6.18 Å². The number of benzene rings is 2. The Morgan fingerprint density at radius 3 is 2.35 bits per heavy atom. The first-order valence-corrected chi connectivity index (χ1v) is 5.15. The molecule has 90 valence electrons. The summed E-state index contributed by atoms with van der Waals surface area (Å²) in [7, 11) is 1.21. The van der Waals surface area contributed by atoms with Crippen molar-refractivity contribution in [1.82, 2.24) is 0 Å². The summed E-state index contributed by atoms with van der Waals surface area (Å²) in [6.07, 6.45) is -4.48. The van der Waals surface area contributed by atoms with Crippen molar-refractivity contribution in [2.45, 2.75) is 6.18 Å². The van der Waals surface area contributed by atoms with E-state index in [9.17, 15) is 13.2 Å². The van der Waals surface area contributed by atoms with Crippen LogP contribution in [0.25, 0.3) is 10.8 Å². The van der Waals surface area contributed by atoms with Gasteiger partial charge in [-0.05, 0) is 23.6 Å². The van der Waals surface area contributed by atoms with Crippen molar-refractivity contribution in [3.8, 4) is 5.75 Å². The lowest BCUT2D eigenvalue weighted by Gasteiger charge is -2.15. The Morgan fingerprint density at radius 2 is 1.76 bits per heavy atom. The summed E-state index contributed by atoms with van der Waals surface area (Å²) in [5.74, 6) is -0.202. The van der Waals surface area contributed by atoms with Crippen LogP contribution in [-0.4, -0.2) is 7.11 Å². The molecule has 0 aliphatic carbocycles. The summed E-state index contributed by atoms with van der Waals surface area (Å²) < 4.78 is 43.7.